The van der Waals surface area contributed by atoms with Crippen LogP contribution >= 0.6 is 0 Å². The molecule has 0 bridgehead atoms. The average molecular weight is 258 g/mol. The van der Waals surface area contributed by atoms with Crippen molar-refractivity contribution in [2.24, 2.45) is 5.92 Å². The van der Waals surface area contributed by atoms with E-state index < -0.39 is 6.04 Å². The molecule has 1 aliphatic carbocycles. The summed E-state index contributed by atoms with van der Waals surface area (Å²) in [5.74, 6) is 1.28. The highest BCUT2D eigenvalue weighted by Gasteiger charge is 2.21. The molecule has 1 atom stereocenters. The van der Waals surface area contributed by atoms with Crippen LogP contribution in [0.2, 0.25) is 0 Å². The van der Waals surface area contributed by atoms with Gasteiger partial charge in [-0.1, -0.05) is 6.92 Å². The van der Waals surface area contributed by atoms with E-state index in [0.717, 1.165) is 12.4 Å². The van der Waals surface area contributed by atoms with Gasteiger partial charge in [-0.2, -0.15) is 5.26 Å². The van der Waals surface area contributed by atoms with E-state index in [1.807, 2.05) is 13.0 Å². The van der Waals surface area contributed by atoms with E-state index >= 15 is 0 Å². The van der Waals surface area contributed by atoms with Gasteiger partial charge in [0.2, 0.25) is 0 Å². The van der Waals surface area contributed by atoms with Crippen LogP contribution in [0.1, 0.15) is 36.5 Å². The lowest BCUT2D eigenvalue weighted by Gasteiger charge is -2.10. The van der Waals surface area contributed by atoms with Gasteiger partial charge in [0.25, 0.3) is 5.91 Å². The van der Waals surface area contributed by atoms with Crippen molar-refractivity contribution in [3.05, 3.63) is 29.8 Å². The van der Waals surface area contributed by atoms with Gasteiger partial charge in [0.15, 0.2) is 0 Å². The van der Waals surface area contributed by atoms with E-state index in [1.165, 1.54) is 12.8 Å². The van der Waals surface area contributed by atoms with Crippen LogP contribution in [-0.2, 0) is 0 Å². The Morgan fingerprint density at radius 3 is 2.68 bits per heavy atom. The second-order valence-electron chi connectivity index (χ2n) is 4.84. The van der Waals surface area contributed by atoms with E-state index in [-0.39, 0.29) is 5.91 Å². The van der Waals surface area contributed by atoms with Gasteiger partial charge in [0, 0.05) is 5.56 Å². The molecule has 1 N–H and O–H groups in total. The van der Waals surface area contributed by atoms with Crippen molar-refractivity contribution in [2.45, 2.75) is 32.2 Å². The molecule has 19 heavy (non-hydrogen) atoms. The Labute approximate surface area is 113 Å². The van der Waals surface area contributed by atoms with Gasteiger partial charge >= 0.3 is 0 Å². The molecule has 1 aromatic carbocycles. The number of nitrogens with zero attached hydrogens (tertiary/aromatic N) is 1. The normalized spacial score (nSPS) is 15.4. The Balaban J connectivity index is 1.89. The van der Waals surface area contributed by atoms with Crippen molar-refractivity contribution in [1.29, 1.82) is 5.26 Å². The van der Waals surface area contributed by atoms with E-state index in [1.54, 1.807) is 24.3 Å². The highest BCUT2D eigenvalue weighted by molar-refractivity contribution is 5.94. The number of rotatable bonds is 6. The van der Waals surface area contributed by atoms with Crippen LogP contribution in [0.15, 0.2) is 24.3 Å². The quantitative estimate of drug-likeness (QED) is 0.852. The van der Waals surface area contributed by atoms with Crippen molar-refractivity contribution >= 4 is 5.91 Å². The lowest BCUT2D eigenvalue weighted by molar-refractivity contribution is 0.0944. The number of carbonyl (C=O) groups excluding carboxylic acids is 1. The predicted octanol–water partition coefficient (Wildman–Crippen LogP) is 2.51. The average Bonchev–Trinajstić information content (AvgIpc) is 3.27. The Hall–Kier alpha value is -2.02. The summed E-state index contributed by atoms with van der Waals surface area (Å²) in [5.41, 5.74) is 0.549. The standard InChI is InChI=1S/C15H18N2O2/c1-2-13(9-16)17-15(18)12-5-7-14(8-6-12)19-10-11-3-4-11/h5-8,11,13H,2-4,10H2,1H3,(H,17,18). The molecule has 1 aromatic rings. The van der Waals surface area contributed by atoms with Gasteiger partial charge in [-0.25, -0.2) is 0 Å². The van der Waals surface area contributed by atoms with Gasteiger partial charge < -0.3 is 10.1 Å². The van der Waals surface area contributed by atoms with E-state index in [2.05, 4.69) is 5.32 Å². The molecule has 1 amide bonds. The molecule has 0 heterocycles. The van der Waals surface area contributed by atoms with Crippen LogP contribution in [-0.4, -0.2) is 18.6 Å². The molecule has 0 saturated heterocycles. The number of amides is 1. The van der Waals surface area contributed by atoms with Crippen molar-refractivity contribution < 1.29 is 9.53 Å². The molecule has 0 radical (unpaired) electrons. The molecular weight excluding hydrogens is 240 g/mol. The minimum Gasteiger partial charge on any atom is -0.493 e. The molecule has 0 aromatic heterocycles. The van der Waals surface area contributed by atoms with Gasteiger partial charge in [-0.3, -0.25) is 4.79 Å². The Kier molecular flexibility index (Phi) is 4.40. The third-order valence-electron chi connectivity index (χ3n) is 3.17. The van der Waals surface area contributed by atoms with Crippen LogP contribution in [0, 0.1) is 17.2 Å². The molecule has 1 unspecified atom stereocenters. The summed E-state index contributed by atoms with van der Waals surface area (Å²) in [4.78, 5) is 11.9. The summed E-state index contributed by atoms with van der Waals surface area (Å²) in [6.07, 6.45) is 3.12. The first-order chi connectivity index (χ1) is 9.22. The van der Waals surface area contributed by atoms with Crippen molar-refractivity contribution in [3.8, 4) is 11.8 Å². The maximum absolute atomic E-state index is 11.9. The van der Waals surface area contributed by atoms with Crippen LogP contribution < -0.4 is 10.1 Å². The third-order valence-corrected chi connectivity index (χ3v) is 3.17. The van der Waals surface area contributed by atoms with Gasteiger partial charge in [0.1, 0.15) is 11.8 Å². The maximum atomic E-state index is 11.9. The van der Waals surface area contributed by atoms with Crippen molar-refractivity contribution in [3.63, 3.8) is 0 Å². The molecule has 2 rings (SSSR count). The fourth-order valence-corrected chi connectivity index (χ4v) is 1.67. The Bertz CT molecular complexity index is 472. The molecule has 4 heteroatoms. The molecule has 100 valence electrons. The molecule has 4 nitrogen and oxygen atoms in total. The molecular formula is C15H18N2O2. The lowest BCUT2D eigenvalue weighted by atomic mass is 10.1. The number of nitriles is 1. The topological polar surface area (TPSA) is 62.1 Å². The SMILES string of the molecule is CCC(C#N)NC(=O)c1ccc(OCC2CC2)cc1. The van der Waals surface area contributed by atoms with E-state index in [4.69, 9.17) is 10.00 Å². The van der Waals surface area contributed by atoms with E-state index in [0.29, 0.717) is 17.9 Å². The summed E-state index contributed by atoms with van der Waals surface area (Å²) in [5, 5.41) is 11.5. The van der Waals surface area contributed by atoms with Gasteiger partial charge in [0.05, 0.1) is 12.7 Å². The van der Waals surface area contributed by atoms with Gasteiger partial charge in [-0.05, 0) is 49.4 Å². The highest BCUT2D eigenvalue weighted by atomic mass is 16.5. The zero-order valence-electron chi connectivity index (χ0n) is 11.1. The number of benzene rings is 1. The molecule has 0 aliphatic heterocycles. The van der Waals surface area contributed by atoms with Gasteiger partial charge in [-0.15, -0.1) is 0 Å². The largest absolute Gasteiger partial charge is 0.493 e. The monoisotopic (exact) mass is 258 g/mol. The second-order valence-corrected chi connectivity index (χ2v) is 4.84. The summed E-state index contributed by atoms with van der Waals surface area (Å²) in [6.45, 7) is 2.63. The molecule has 1 saturated carbocycles. The minimum absolute atomic E-state index is 0.220. The van der Waals surface area contributed by atoms with Crippen LogP contribution in [0.4, 0.5) is 0 Å². The highest BCUT2D eigenvalue weighted by Crippen LogP contribution is 2.29. The summed E-state index contributed by atoms with van der Waals surface area (Å²) in [6, 6.07) is 8.65. The zero-order chi connectivity index (χ0) is 13.7. The first-order valence-electron chi connectivity index (χ1n) is 6.66. The number of hydrogen-bond acceptors (Lipinski definition) is 3. The number of carbonyl (C=O) groups is 1. The lowest BCUT2D eigenvalue weighted by Crippen LogP contribution is -2.33. The first-order valence-corrected chi connectivity index (χ1v) is 6.66. The summed E-state index contributed by atoms with van der Waals surface area (Å²) >= 11 is 0. The molecule has 1 aliphatic rings. The Morgan fingerprint density at radius 2 is 2.16 bits per heavy atom. The first kappa shape index (κ1) is 13.4. The van der Waals surface area contributed by atoms with Crippen LogP contribution in [0.3, 0.4) is 0 Å². The third kappa shape index (κ3) is 3.99. The minimum atomic E-state index is -0.432. The summed E-state index contributed by atoms with van der Waals surface area (Å²) < 4.78 is 5.60. The Morgan fingerprint density at radius 1 is 1.47 bits per heavy atom. The zero-order valence-corrected chi connectivity index (χ0v) is 11.1. The smallest absolute Gasteiger partial charge is 0.252 e. The van der Waals surface area contributed by atoms with Crippen molar-refractivity contribution in [2.75, 3.05) is 6.61 Å². The van der Waals surface area contributed by atoms with Crippen LogP contribution in [0.5, 0.6) is 5.75 Å². The number of hydrogen-bond donors (Lipinski definition) is 1. The van der Waals surface area contributed by atoms with E-state index in [9.17, 15) is 4.79 Å². The van der Waals surface area contributed by atoms with Crippen molar-refractivity contribution in [1.82, 2.24) is 5.32 Å². The second kappa shape index (κ2) is 6.24. The fraction of sp³-hybridized carbons (Fsp3) is 0.467. The predicted molar refractivity (Wildman–Crippen MR) is 71.8 cm³/mol. The number of ether oxygens (including phenoxy) is 1. The molecule has 1 fully saturated rings. The maximum Gasteiger partial charge on any atom is 0.252 e. The number of nitrogens with one attached hydrogen (secondary N) is 1. The van der Waals surface area contributed by atoms with Crippen LogP contribution in [0.25, 0.3) is 0 Å². The fourth-order valence-electron chi connectivity index (χ4n) is 1.67. The summed E-state index contributed by atoms with van der Waals surface area (Å²) in [7, 11) is 0. The molecule has 0 spiro atoms.